The van der Waals surface area contributed by atoms with E-state index in [9.17, 15) is 9.59 Å². The van der Waals surface area contributed by atoms with Gasteiger partial charge in [-0.1, -0.05) is 0 Å². The number of nitrogens with zero attached hydrogens (tertiary/aromatic N) is 1. The van der Waals surface area contributed by atoms with E-state index in [0.29, 0.717) is 18.2 Å². The van der Waals surface area contributed by atoms with Crippen LogP contribution in [0.5, 0.6) is 0 Å². The fourth-order valence-corrected chi connectivity index (χ4v) is 2.59. The van der Waals surface area contributed by atoms with Gasteiger partial charge in [-0.2, -0.15) is 0 Å². The Morgan fingerprint density at radius 3 is 2.75 bits per heavy atom. The quantitative estimate of drug-likeness (QED) is 0.742. The van der Waals surface area contributed by atoms with E-state index in [-0.39, 0.29) is 36.3 Å². The first-order valence-corrected chi connectivity index (χ1v) is 6.07. The fraction of sp³-hybridized carbons (Fsp3) is 0.778. The van der Waals surface area contributed by atoms with Crippen LogP contribution in [0.4, 0.5) is 0 Å². The van der Waals surface area contributed by atoms with Gasteiger partial charge < -0.3 is 16.0 Å². The molecule has 1 aliphatic rings. The molecule has 0 aromatic heterocycles. The number of thioether (sulfide) groups is 1. The van der Waals surface area contributed by atoms with Crippen molar-refractivity contribution < 1.29 is 9.59 Å². The van der Waals surface area contributed by atoms with E-state index in [0.717, 1.165) is 0 Å². The summed E-state index contributed by atoms with van der Waals surface area (Å²) in [6, 6.07) is -0.376. The van der Waals surface area contributed by atoms with Gasteiger partial charge in [0.15, 0.2) is 0 Å². The normalized spacial score (nSPS) is 21.2. The van der Waals surface area contributed by atoms with Crippen molar-refractivity contribution in [3.63, 3.8) is 0 Å². The number of amides is 2. The summed E-state index contributed by atoms with van der Waals surface area (Å²) in [4.78, 5) is 24.6. The van der Waals surface area contributed by atoms with Crippen molar-refractivity contribution in [2.45, 2.75) is 25.9 Å². The Morgan fingerprint density at radius 1 is 1.62 bits per heavy atom. The predicted molar refractivity (Wildman–Crippen MR) is 67.5 cm³/mol. The molecule has 1 heterocycles. The first kappa shape index (κ1) is 15.5. The van der Waals surface area contributed by atoms with Crippen molar-refractivity contribution >= 4 is 36.0 Å². The van der Waals surface area contributed by atoms with Gasteiger partial charge >= 0.3 is 0 Å². The molecule has 0 aromatic rings. The minimum atomic E-state index is -0.332. The lowest BCUT2D eigenvalue weighted by Crippen LogP contribution is -2.50. The molecule has 1 saturated heterocycles. The van der Waals surface area contributed by atoms with Gasteiger partial charge in [-0.25, -0.2) is 0 Å². The molecule has 2 amide bonds. The van der Waals surface area contributed by atoms with Crippen LogP contribution in [0.3, 0.4) is 0 Å². The van der Waals surface area contributed by atoms with Gasteiger partial charge in [-0.3, -0.25) is 9.59 Å². The highest BCUT2D eigenvalue weighted by Gasteiger charge is 2.33. The lowest BCUT2D eigenvalue weighted by atomic mass is 10.2. The summed E-state index contributed by atoms with van der Waals surface area (Å²) in [5.74, 6) is 1.11. The third kappa shape index (κ3) is 3.84. The van der Waals surface area contributed by atoms with Crippen molar-refractivity contribution in [3.05, 3.63) is 0 Å². The van der Waals surface area contributed by atoms with Crippen LogP contribution < -0.4 is 11.1 Å². The van der Waals surface area contributed by atoms with Crippen LogP contribution >= 0.6 is 24.2 Å². The third-order valence-electron chi connectivity index (χ3n) is 2.33. The second-order valence-corrected chi connectivity index (χ2v) is 4.65. The molecule has 7 heteroatoms. The van der Waals surface area contributed by atoms with Crippen molar-refractivity contribution in [3.8, 4) is 0 Å². The summed E-state index contributed by atoms with van der Waals surface area (Å²) in [5, 5.41) is 2.79. The van der Waals surface area contributed by atoms with Crippen LogP contribution in [-0.4, -0.2) is 47.0 Å². The molecule has 0 aliphatic carbocycles. The molecule has 94 valence electrons. The molecule has 1 fully saturated rings. The topological polar surface area (TPSA) is 75.4 Å². The number of rotatable bonds is 3. The maximum atomic E-state index is 11.8. The van der Waals surface area contributed by atoms with Gasteiger partial charge in [0, 0.05) is 25.3 Å². The molecule has 0 spiro atoms. The Kier molecular flexibility index (Phi) is 6.78. The van der Waals surface area contributed by atoms with Crippen LogP contribution in [-0.2, 0) is 9.59 Å². The number of hydrogen-bond acceptors (Lipinski definition) is 4. The lowest BCUT2D eigenvalue weighted by molar-refractivity contribution is -0.136. The van der Waals surface area contributed by atoms with E-state index in [1.807, 2.05) is 6.92 Å². The molecule has 0 radical (unpaired) electrons. The Balaban J connectivity index is 0.00000225. The smallest absolute Gasteiger partial charge is 0.243 e. The summed E-state index contributed by atoms with van der Waals surface area (Å²) < 4.78 is 0. The first-order valence-electron chi connectivity index (χ1n) is 4.91. The number of nitrogens with one attached hydrogen (secondary N) is 1. The highest BCUT2D eigenvalue weighted by molar-refractivity contribution is 7.99. The zero-order valence-electron chi connectivity index (χ0n) is 9.43. The summed E-state index contributed by atoms with van der Waals surface area (Å²) in [7, 11) is 0. The van der Waals surface area contributed by atoms with E-state index in [4.69, 9.17) is 5.73 Å². The summed E-state index contributed by atoms with van der Waals surface area (Å²) >= 11 is 1.59. The SMILES string of the molecule is CC(=O)N1CSCC1C(=O)N[C@H](C)CN.Cl. The van der Waals surface area contributed by atoms with E-state index in [1.54, 1.807) is 16.7 Å². The van der Waals surface area contributed by atoms with Crippen LogP contribution in [0.25, 0.3) is 0 Å². The molecule has 1 aliphatic heterocycles. The Labute approximate surface area is 106 Å². The summed E-state index contributed by atoms with van der Waals surface area (Å²) in [6.07, 6.45) is 0. The second kappa shape index (κ2) is 6.98. The lowest BCUT2D eigenvalue weighted by Gasteiger charge is -2.23. The predicted octanol–water partition coefficient (Wildman–Crippen LogP) is -0.207. The molecule has 5 nitrogen and oxygen atoms in total. The van der Waals surface area contributed by atoms with Gasteiger partial charge in [-0.05, 0) is 6.92 Å². The van der Waals surface area contributed by atoms with Crippen molar-refractivity contribution in [1.82, 2.24) is 10.2 Å². The molecule has 2 atom stereocenters. The minimum absolute atomic E-state index is 0. The van der Waals surface area contributed by atoms with Crippen molar-refractivity contribution in [2.75, 3.05) is 18.2 Å². The summed E-state index contributed by atoms with van der Waals surface area (Å²) in [6.45, 7) is 3.74. The molecule has 3 N–H and O–H groups in total. The summed E-state index contributed by atoms with van der Waals surface area (Å²) in [5.41, 5.74) is 5.41. The van der Waals surface area contributed by atoms with Gasteiger partial charge in [0.05, 0.1) is 5.88 Å². The van der Waals surface area contributed by atoms with Gasteiger partial charge in [-0.15, -0.1) is 24.2 Å². The van der Waals surface area contributed by atoms with Gasteiger partial charge in [0.2, 0.25) is 11.8 Å². The molecule has 16 heavy (non-hydrogen) atoms. The molecule has 1 unspecified atom stereocenters. The van der Waals surface area contributed by atoms with E-state index >= 15 is 0 Å². The van der Waals surface area contributed by atoms with Gasteiger partial charge in [0.1, 0.15) is 6.04 Å². The number of halogens is 1. The number of hydrogen-bond donors (Lipinski definition) is 2. The number of nitrogens with two attached hydrogens (primary N) is 1. The van der Waals surface area contributed by atoms with Crippen LogP contribution in [0, 0.1) is 0 Å². The Hall–Kier alpha value is -0.460. The minimum Gasteiger partial charge on any atom is -0.351 e. The van der Waals surface area contributed by atoms with E-state index < -0.39 is 0 Å². The maximum Gasteiger partial charge on any atom is 0.243 e. The first-order chi connectivity index (χ1) is 7.06. The molecule has 0 aromatic carbocycles. The number of carbonyl (C=O) groups is 2. The molecular formula is C9H18ClN3O2S. The second-order valence-electron chi connectivity index (χ2n) is 3.65. The zero-order chi connectivity index (χ0) is 11.4. The van der Waals surface area contributed by atoms with Gasteiger partial charge in [0.25, 0.3) is 0 Å². The zero-order valence-corrected chi connectivity index (χ0v) is 11.1. The van der Waals surface area contributed by atoms with Crippen molar-refractivity contribution in [1.29, 1.82) is 0 Å². The monoisotopic (exact) mass is 267 g/mol. The molecular weight excluding hydrogens is 250 g/mol. The Bertz CT molecular complexity index is 265. The maximum absolute atomic E-state index is 11.8. The molecule has 1 rings (SSSR count). The number of carbonyl (C=O) groups excluding carboxylic acids is 2. The third-order valence-corrected chi connectivity index (χ3v) is 3.34. The molecule has 0 bridgehead atoms. The van der Waals surface area contributed by atoms with Crippen LogP contribution in [0.15, 0.2) is 0 Å². The highest BCUT2D eigenvalue weighted by atomic mass is 35.5. The largest absolute Gasteiger partial charge is 0.351 e. The van der Waals surface area contributed by atoms with E-state index in [2.05, 4.69) is 5.32 Å². The molecule has 0 saturated carbocycles. The average Bonchev–Trinajstić information content (AvgIpc) is 2.65. The highest BCUT2D eigenvalue weighted by Crippen LogP contribution is 2.20. The average molecular weight is 268 g/mol. The van der Waals surface area contributed by atoms with E-state index in [1.165, 1.54) is 6.92 Å². The van der Waals surface area contributed by atoms with Crippen LogP contribution in [0.1, 0.15) is 13.8 Å². The van der Waals surface area contributed by atoms with Crippen molar-refractivity contribution in [2.24, 2.45) is 5.73 Å². The standard InChI is InChI=1S/C9H17N3O2S.ClH/c1-6(3-10)11-9(14)8-4-15-5-12(8)7(2)13;/h6,8H,3-5,10H2,1-2H3,(H,11,14);1H/t6-,8?;/m1./s1. The Morgan fingerprint density at radius 2 is 2.25 bits per heavy atom. The fourth-order valence-electron chi connectivity index (χ4n) is 1.37. The van der Waals surface area contributed by atoms with Crippen LogP contribution in [0.2, 0.25) is 0 Å².